The number of ether oxygens (including phenoxy) is 1. The molecule has 2 aromatic carbocycles. The van der Waals surface area contributed by atoms with E-state index >= 15 is 0 Å². The van der Waals surface area contributed by atoms with E-state index in [9.17, 15) is 13.2 Å². The minimum absolute atomic E-state index is 0.128. The van der Waals surface area contributed by atoms with E-state index in [0.717, 1.165) is 25.2 Å². The van der Waals surface area contributed by atoms with Gasteiger partial charge >= 0.3 is 0 Å². The van der Waals surface area contributed by atoms with E-state index in [-0.39, 0.29) is 23.0 Å². The number of nitrogens with one attached hydrogen (secondary N) is 1. The van der Waals surface area contributed by atoms with Crippen LogP contribution in [0.15, 0.2) is 53.4 Å². The van der Waals surface area contributed by atoms with Crippen molar-refractivity contribution in [2.45, 2.75) is 63.3 Å². The predicted molar refractivity (Wildman–Crippen MR) is 132 cm³/mol. The van der Waals surface area contributed by atoms with Crippen molar-refractivity contribution >= 4 is 15.9 Å². The second-order valence-electron chi connectivity index (χ2n) is 9.44. The lowest BCUT2D eigenvalue weighted by atomic mass is 10.1. The monoisotopic (exact) mass is 485 g/mol. The first-order valence-electron chi connectivity index (χ1n) is 12.2. The summed E-state index contributed by atoms with van der Waals surface area (Å²) < 4.78 is 33.4. The van der Waals surface area contributed by atoms with Crippen LogP contribution in [0.1, 0.15) is 54.6 Å². The van der Waals surface area contributed by atoms with Gasteiger partial charge in [-0.05, 0) is 69.1 Å². The highest BCUT2D eigenvalue weighted by Crippen LogP contribution is 2.22. The van der Waals surface area contributed by atoms with Crippen molar-refractivity contribution in [2.24, 2.45) is 0 Å². The van der Waals surface area contributed by atoms with Crippen LogP contribution in [0.4, 0.5) is 0 Å². The number of hydrogen-bond acceptors (Lipinski definition) is 5. The van der Waals surface area contributed by atoms with E-state index in [1.54, 1.807) is 12.1 Å². The molecular formula is C26H35N3O4S. The van der Waals surface area contributed by atoms with Crippen LogP contribution < -0.4 is 5.32 Å². The van der Waals surface area contributed by atoms with E-state index < -0.39 is 10.0 Å². The zero-order valence-electron chi connectivity index (χ0n) is 20.1. The van der Waals surface area contributed by atoms with Gasteiger partial charge in [0.05, 0.1) is 17.1 Å². The number of amides is 1. The predicted octanol–water partition coefficient (Wildman–Crippen LogP) is 3.40. The zero-order valence-corrected chi connectivity index (χ0v) is 20.9. The third-order valence-electron chi connectivity index (χ3n) is 6.45. The lowest BCUT2D eigenvalue weighted by Crippen LogP contribution is -2.48. The second-order valence-corrected chi connectivity index (χ2v) is 11.4. The number of rotatable bonds is 7. The molecule has 2 atom stereocenters. The maximum atomic E-state index is 13.1. The molecule has 2 saturated heterocycles. The molecule has 2 fully saturated rings. The summed E-state index contributed by atoms with van der Waals surface area (Å²) in [5, 5.41) is 2.91. The Hall–Kier alpha value is -2.26. The Morgan fingerprint density at radius 2 is 1.62 bits per heavy atom. The van der Waals surface area contributed by atoms with Crippen LogP contribution in [-0.2, 0) is 27.8 Å². The molecule has 1 N–H and O–H groups in total. The Morgan fingerprint density at radius 1 is 0.971 bits per heavy atom. The average Bonchev–Trinajstić information content (AvgIpc) is 2.83. The number of benzene rings is 2. The van der Waals surface area contributed by atoms with Crippen LogP contribution in [0.25, 0.3) is 0 Å². The summed E-state index contributed by atoms with van der Waals surface area (Å²) in [6, 6.07) is 14.6. The summed E-state index contributed by atoms with van der Waals surface area (Å²) in [6.45, 7) is 8.01. The molecule has 2 aliphatic heterocycles. The van der Waals surface area contributed by atoms with Crippen LogP contribution in [0, 0.1) is 0 Å². The van der Waals surface area contributed by atoms with Crippen molar-refractivity contribution in [1.29, 1.82) is 0 Å². The van der Waals surface area contributed by atoms with E-state index in [1.165, 1.54) is 41.3 Å². The van der Waals surface area contributed by atoms with Gasteiger partial charge in [-0.1, -0.05) is 36.8 Å². The van der Waals surface area contributed by atoms with E-state index in [4.69, 9.17) is 4.74 Å². The Labute approximate surface area is 203 Å². The smallest absolute Gasteiger partial charge is 0.251 e. The zero-order chi connectivity index (χ0) is 24.1. The van der Waals surface area contributed by atoms with Crippen molar-refractivity contribution in [3.8, 4) is 0 Å². The standard InChI is InChI=1S/C26H35N3O4S/c1-20-17-29(18-21(2)33-20)34(31,32)25-8-6-7-24(15-25)26(30)27-16-22-9-11-23(12-10-22)19-28-13-4-3-5-14-28/h6-12,15,20-21H,3-5,13-14,16-19H2,1-2H3,(H,27,30). The molecule has 1 amide bonds. The number of likely N-dealkylation sites (tertiary alicyclic amines) is 1. The first kappa shape index (κ1) is 24.9. The van der Waals surface area contributed by atoms with Crippen LogP contribution in [0.3, 0.4) is 0 Å². The van der Waals surface area contributed by atoms with Crippen LogP contribution >= 0.6 is 0 Å². The third-order valence-corrected chi connectivity index (χ3v) is 8.28. The van der Waals surface area contributed by atoms with Crippen molar-refractivity contribution in [3.05, 3.63) is 65.2 Å². The largest absolute Gasteiger partial charge is 0.373 e. The Morgan fingerprint density at radius 3 is 2.29 bits per heavy atom. The highest BCUT2D eigenvalue weighted by molar-refractivity contribution is 7.89. The Bertz CT molecular complexity index is 1070. The summed E-state index contributed by atoms with van der Waals surface area (Å²) in [5.41, 5.74) is 2.62. The number of sulfonamides is 1. The summed E-state index contributed by atoms with van der Waals surface area (Å²) in [7, 11) is -3.70. The van der Waals surface area contributed by atoms with Gasteiger partial charge in [-0.25, -0.2) is 8.42 Å². The summed E-state index contributed by atoms with van der Waals surface area (Å²) in [4.78, 5) is 15.4. The Balaban J connectivity index is 1.36. The van der Waals surface area contributed by atoms with Gasteiger partial charge in [0.2, 0.25) is 10.0 Å². The van der Waals surface area contributed by atoms with Gasteiger partial charge in [0.1, 0.15) is 0 Å². The number of morpholine rings is 1. The molecule has 0 saturated carbocycles. The minimum Gasteiger partial charge on any atom is -0.373 e. The summed E-state index contributed by atoms with van der Waals surface area (Å²) in [5.74, 6) is -0.293. The van der Waals surface area contributed by atoms with Crippen LogP contribution in [0.5, 0.6) is 0 Å². The lowest BCUT2D eigenvalue weighted by Gasteiger charge is -2.34. The number of carbonyl (C=O) groups is 1. The molecular weight excluding hydrogens is 450 g/mol. The van der Waals surface area contributed by atoms with Gasteiger partial charge in [-0.2, -0.15) is 4.31 Å². The maximum absolute atomic E-state index is 13.1. The minimum atomic E-state index is -3.70. The maximum Gasteiger partial charge on any atom is 0.251 e. The number of carbonyl (C=O) groups excluding carboxylic acids is 1. The first-order valence-corrected chi connectivity index (χ1v) is 13.6. The van der Waals surface area contributed by atoms with E-state index in [1.807, 2.05) is 26.0 Å². The van der Waals surface area contributed by atoms with Crippen LogP contribution in [-0.4, -0.2) is 61.9 Å². The summed E-state index contributed by atoms with van der Waals surface area (Å²) >= 11 is 0. The first-order chi connectivity index (χ1) is 16.3. The van der Waals surface area contributed by atoms with E-state index in [0.29, 0.717) is 25.2 Å². The molecule has 2 aliphatic rings. The van der Waals surface area contributed by atoms with Crippen molar-refractivity contribution in [2.75, 3.05) is 26.2 Å². The van der Waals surface area contributed by atoms with Crippen molar-refractivity contribution in [3.63, 3.8) is 0 Å². The molecule has 2 aromatic rings. The molecule has 4 rings (SSSR count). The fourth-order valence-corrected chi connectivity index (χ4v) is 6.33. The molecule has 2 heterocycles. The molecule has 0 spiro atoms. The number of hydrogen-bond donors (Lipinski definition) is 1. The normalized spacial score (nSPS) is 22.4. The van der Waals surface area contributed by atoms with Gasteiger partial charge in [-0.15, -0.1) is 0 Å². The quantitative estimate of drug-likeness (QED) is 0.650. The topological polar surface area (TPSA) is 79.0 Å². The van der Waals surface area contributed by atoms with Gasteiger partial charge in [0.15, 0.2) is 0 Å². The lowest BCUT2D eigenvalue weighted by molar-refractivity contribution is -0.0440. The molecule has 184 valence electrons. The van der Waals surface area contributed by atoms with Gasteiger partial charge in [0, 0.05) is 31.7 Å². The fourth-order valence-electron chi connectivity index (χ4n) is 4.70. The van der Waals surface area contributed by atoms with E-state index in [2.05, 4.69) is 22.3 Å². The van der Waals surface area contributed by atoms with Crippen molar-refractivity contribution in [1.82, 2.24) is 14.5 Å². The summed E-state index contributed by atoms with van der Waals surface area (Å²) in [6.07, 6.45) is 3.54. The highest BCUT2D eigenvalue weighted by Gasteiger charge is 2.32. The second kappa shape index (κ2) is 11.0. The molecule has 0 radical (unpaired) electrons. The van der Waals surface area contributed by atoms with Crippen molar-refractivity contribution < 1.29 is 17.9 Å². The molecule has 0 aromatic heterocycles. The molecule has 2 unspecified atom stereocenters. The third kappa shape index (κ3) is 6.24. The van der Waals surface area contributed by atoms with Crippen LogP contribution in [0.2, 0.25) is 0 Å². The highest BCUT2D eigenvalue weighted by atomic mass is 32.2. The average molecular weight is 486 g/mol. The molecule has 7 nitrogen and oxygen atoms in total. The Kier molecular flexibility index (Phi) is 8.03. The number of nitrogens with zero attached hydrogens (tertiary/aromatic N) is 2. The molecule has 0 bridgehead atoms. The number of piperidine rings is 1. The molecule has 0 aliphatic carbocycles. The molecule has 8 heteroatoms. The fraction of sp³-hybridized carbons (Fsp3) is 0.500. The SMILES string of the molecule is CC1CN(S(=O)(=O)c2cccc(C(=O)NCc3ccc(CN4CCCCC4)cc3)c2)CC(C)O1. The van der Waals surface area contributed by atoms with Gasteiger partial charge in [-0.3, -0.25) is 9.69 Å². The van der Waals surface area contributed by atoms with Gasteiger partial charge in [0.25, 0.3) is 5.91 Å². The van der Waals surface area contributed by atoms with Gasteiger partial charge < -0.3 is 10.1 Å². The molecule has 34 heavy (non-hydrogen) atoms.